The molecule has 0 aliphatic heterocycles. The lowest BCUT2D eigenvalue weighted by atomic mass is 9.66. The average molecular weight is 618 g/mol. The van der Waals surface area contributed by atoms with Gasteiger partial charge in [-0.1, -0.05) is 48.5 Å². The molecule has 0 fully saturated rings. The molecule has 4 aromatic rings. The summed E-state index contributed by atoms with van der Waals surface area (Å²) in [7, 11) is 5.32. The Morgan fingerprint density at radius 1 is 0.667 bits per heavy atom. The van der Waals surface area contributed by atoms with Crippen molar-refractivity contribution in [1.82, 2.24) is 4.90 Å². The molecule has 0 heterocycles. The Balaban J connectivity index is 1.56. The molecule has 1 atom stereocenters. The van der Waals surface area contributed by atoms with Crippen LogP contribution in [0.25, 0.3) is 32.3 Å². The number of hydrogen-bond acceptors (Lipinski definition) is 8. The number of likely N-dealkylation sites (N-methyl/N-ethyl adjacent to an activating group) is 1. The monoisotopic (exact) mass is 617 g/mol. The highest BCUT2D eigenvalue weighted by atomic mass is 16.6. The van der Waals surface area contributed by atoms with E-state index in [0.29, 0.717) is 6.54 Å². The molecule has 4 rings (SSSR count). The van der Waals surface area contributed by atoms with E-state index in [4.69, 9.17) is 18.9 Å². The van der Waals surface area contributed by atoms with Crippen LogP contribution < -0.4 is 0 Å². The zero-order valence-electron chi connectivity index (χ0n) is 28.0. The van der Waals surface area contributed by atoms with Crippen molar-refractivity contribution in [2.75, 3.05) is 47.6 Å². The molecule has 0 aliphatic rings. The zero-order chi connectivity index (χ0) is 33.0. The van der Waals surface area contributed by atoms with Crippen LogP contribution >= 0.6 is 0 Å². The van der Waals surface area contributed by atoms with Crippen molar-refractivity contribution in [3.8, 4) is 0 Å². The van der Waals surface area contributed by atoms with Gasteiger partial charge in [0.1, 0.15) is 19.8 Å². The molecular weight excluding hydrogens is 570 g/mol. The molecule has 0 amide bonds. The maximum atomic E-state index is 13.7. The Kier molecular flexibility index (Phi) is 10.4. The maximum absolute atomic E-state index is 13.7. The summed E-state index contributed by atoms with van der Waals surface area (Å²) in [5, 5.41) is 6.80. The van der Waals surface area contributed by atoms with Gasteiger partial charge in [0.15, 0.2) is 0 Å². The highest BCUT2D eigenvalue weighted by Crippen LogP contribution is 2.45. The van der Waals surface area contributed by atoms with Crippen LogP contribution in [-0.2, 0) is 39.9 Å². The highest BCUT2D eigenvalue weighted by Gasteiger charge is 2.49. The lowest BCUT2D eigenvalue weighted by Crippen LogP contribution is -2.44. The van der Waals surface area contributed by atoms with Gasteiger partial charge in [0, 0.05) is 13.7 Å². The van der Waals surface area contributed by atoms with Crippen LogP contribution in [-0.4, -0.2) is 70.4 Å². The van der Waals surface area contributed by atoms with Crippen LogP contribution in [0.4, 0.5) is 0 Å². The van der Waals surface area contributed by atoms with Gasteiger partial charge in [-0.3, -0.25) is 14.4 Å². The fraction of sp³-hybridized carbons (Fsp3) is 0.486. The molecule has 8 heteroatoms. The quantitative estimate of drug-likeness (QED) is 0.0626. The molecule has 8 nitrogen and oxygen atoms in total. The normalized spacial score (nSPS) is 13.8. The van der Waals surface area contributed by atoms with Crippen molar-refractivity contribution in [2.24, 2.45) is 16.2 Å². The minimum absolute atomic E-state index is 0.0907. The third-order valence-corrected chi connectivity index (χ3v) is 8.51. The van der Waals surface area contributed by atoms with Crippen LogP contribution in [0.2, 0.25) is 0 Å². The second-order valence-corrected chi connectivity index (χ2v) is 13.9. The third kappa shape index (κ3) is 7.74. The Morgan fingerprint density at radius 3 is 1.84 bits per heavy atom. The predicted molar refractivity (Wildman–Crippen MR) is 177 cm³/mol. The highest BCUT2D eigenvalue weighted by molar-refractivity contribution is 6.23. The van der Waals surface area contributed by atoms with E-state index in [1.54, 1.807) is 34.6 Å². The van der Waals surface area contributed by atoms with E-state index in [1.165, 1.54) is 17.9 Å². The fourth-order valence-corrected chi connectivity index (χ4v) is 6.51. The van der Waals surface area contributed by atoms with E-state index < -0.39 is 34.2 Å². The number of benzene rings is 4. The van der Waals surface area contributed by atoms with Gasteiger partial charge in [-0.15, -0.1) is 0 Å². The predicted octanol–water partition coefficient (Wildman–Crippen LogP) is 6.76. The topological polar surface area (TPSA) is 91.4 Å². The number of methoxy groups -OCH3 is 1. The summed E-state index contributed by atoms with van der Waals surface area (Å²) in [6.45, 7) is 10.0. The van der Waals surface area contributed by atoms with Gasteiger partial charge in [-0.2, -0.15) is 0 Å². The van der Waals surface area contributed by atoms with E-state index in [-0.39, 0.29) is 39.3 Å². The lowest BCUT2D eigenvalue weighted by molar-refractivity contribution is -0.168. The molecular formula is C37H47NO7. The Morgan fingerprint density at radius 2 is 1.22 bits per heavy atom. The van der Waals surface area contributed by atoms with Crippen LogP contribution in [0.1, 0.15) is 53.0 Å². The molecule has 4 aromatic carbocycles. The number of esters is 3. The van der Waals surface area contributed by atoms with Gasteiger partial charge in [0.2, 0.25) is 0 Å². The van der Waals surface area contributed by atoms with Crippen LogP contribution in [0.3, 0.4) is 0 Å². The number of carbonyl (C=O) groups is 3. The molecule has 0 saturated carbocycles. The van der Waals surface area contributed by atoms with E-state index >= 15 is 0 Å². The maximum Gasteiger partial charge on any atom is 0.311 e. The van der Waals surface area contributed by atoms with Gasteiger partial charge in [0.25, 0.3) is 0 Å². The molecule has 242 valence electrons. The van der Waals surface area contributed by atoms with Crippen LogP contribution in [0.15, 0.2) is 54.6 Å². The largest absolute Gasteiger partial charge is 0.464 e. The minimum Gasteiger partial charge on any atom is -0.464 e. The summed E-state index contributed by atoms with van der Waals surface area (Å²) < 4.78 is 22.1. The summed E-state index contributed by atoms with van der Waals surface area (Å²) in [5.41, 5.74) is -2.35. The SMILES string of the molecule is COCCOC(=O)C(C)(C)CC(C)(CC(C)(C)C(=O)OCc1cc2cccc3ccc4cccc1c4c32)C(=O)OCCN(C)C. The van der Waals surface area contributed by atoms with Gasteiger partial charge in [-0.25, -0.2) is 0 Å². The molecule has 0 aliphatic carbocycles. The molecule has 0 N–H and O–H groups in total. The third-order valence-electron chi connectivity index (χ3n) is 8.51. The summed E-state index contributed by atoms with van der Waals surface area (Å²) in [5.74, 6) is -1.34. The molecule has 0 radical (unpaired) electrons. The first-order chi connectivity index (χ1) is 21.2. The van der Waals surface area contributed by atoms with E-state index in [0.717, 1.165) is 27.1 Å². The summed E-state index contributed by atoms with van der Waals surface area (Å²) in [4.78, 5) is 42.3. The second kappa shape index (κ2) is 13.7. The lowest BCUT2D eigenvalue weighted by Gasteiger charge is -2.38. The average Bonchev–Trinajstić information content (AvgIpc) is 2.98. The molecule has 45 heavy (non-hydrogen) atoms. The second-order valence-electron chi connectivity index (χ2n) is 13.9. The molecule has 0 bridgehead atoms. The zero-order valence-corrected chi connectivity index (χ0v) is 28.0. The van der Waals surface area contributed by atoms with Crippen molar-refractivity contribution in [3.05, 3.63) is 60.2 Å². The van der Waals surface area contributed by atoms with Crippen molar-refractivity contribution in [2.45, 2.75) is 54.1 Å². The van der Waals surface area contributed by atoms with Crippen LogP contribution in [0.5, 0.6) is 0 Å². The summed E-state index contributed by atoms with van der Waals surface area (Å²) in [6, 6.07) is 18.8. The van der Waals surface area contributed by atoms with Crippen LogP contribution in [0, 0.1) is 16.2 Å². The first-order valence-corrected chi connectivity index (χ1v) is 15.5. The van der Waals surface area contributed by atoms with Crippen molar-refractivity contribution in [3.63, 3.8) is 0 Å². The number of ether oxygens (including phenoxy) is 4. The smallest absolute Gasteiger partial charge is 0.311 e. The van der Waals surface area contributed by atoms with Crippen molar-refractivity contribution in [1.29, 1.82) is 0 Å². The number of nitrogens with zero attached hydrogens (tertiary/aromatic N) is 1. The number of rotatable bonds is 15. The van der Waals surface area contributed by atoms with E-state index in [1.807, 2.05) is 31.1 Å². The van der Waals surface area contributed by atoms with E-state index in [9.17, 15) is 14.4 Å². The molecule has 0 saturated heterocycles. The molecule has 0 aromatic heterocycles. The standard InChI is InChI=1S/C37H47NO7/c1-35(2,32(39)44-20-19-42-8)23-37(5,34(41)43-18-17-38(6)7)24-36(3,4)33(40)45-22-28-21-27-13-9-11-25-15-16-26-12-10-14-29(28)31(26)30(25)27/h9-16,21H,17-20,22-24H2,1-8H3. The summed E-state index contributed by atoms with van der Waals surface area (Å²) >= 11 is 0. The number of hydrogen-bond donors (Lipinski definition) is 0. The summed E-state index contributed by atoms with van der Waals surface area (Å²) in [6.07, 6.45) is 0.239. The Hall–Kier alpha value is -3.75. The first kappa shape index (κ1) is 34.1. The molecule has 0 spiro atoms. The van der Waals surface area contributed by atoms with Gasteiger partial charge in [-0.05, 0) is 106 Å². The van der Waals surface area contributed by atoms with Gasteiger partial charge < -0.3 is 23.8 Å². The fourth-order valence-electron chi connectivity index (χ4n) is 6.51. The van der Waals surface area contributed by atoms with Gasteiger partial charge in [0.05, 0.1) is 22.9 Å². The molecule has 1 unspecified atom stereocenters. The Bertz CT molecular complexity index is 1660. The Labute approximate surface area is 266 Å². The number of carbonyl (C=O) groups excluding carboxylic acids is 3. The van der Waals surface area contributed by atoms with Crippen molar-refractivity contribution >= 4 is 50.2 Å². The van der Waals surface area contributed by atoms with Gasteiger partial charge >= 0.3 is 17.9 Å². The first-order valence-electron chi connectivity index (χ1n) is 15.5. The van der Waals surface area contributed by atoms with E-state index in [2.05, 4.69) is 42.5 Å². The minimum atomic E-state index is -1.18. The van der Waals surface area contributed by atoms with Crippen molar-refractivity contribution < 1.29 is 33.3 Å².